The third-order valence-electron chi connectivity index (χ3n) is 4.01. The summed E-state index contributed by atoms with van der Waals surface area (Å²) in [5.74, 6) is 1.56. The fraction of sp³-hybridized carbons (Fsp3) is 0.158. The molecule has 0 fully saturated rings. The van der Waals surface area contributed by atoms with E-state index in [0.717, 1.165) is 11.1 Å². The van der Waals surface area contributed by atoms with Crippen LogP contribution >= 0.6 is 0 Å². The number of aromatic nitrogens is 2. The second-order valence-corrected chi connectivity index (χ2v) is 5.72. The Morgan fingerprint density at radius 3 is 2.52 bits per heavy atom. The van der Waals surface area contributed by atoms with Gasteiger partial charge in [-0.25, -0.2) is 9.97 Å². The van der Waals surface area contributed by atoms with Crippen molar-refractivity contribution < 1.29 is 14.4 Å². The van der Waals surface area contributed by atoms with Crippen LogP contribution in [0.2, 0.25) is 0 Å². The molecular weight excluding hydrogens is 348 g/mol. The monoisotopic (exact) mass is 366 g/mol. The molecule has 27 heavy (non-hydrogen) atoms. The summed E-state index contributed by atoms with van der Waals surface area (Å²) in [6, 6.07) is 11.9. The smallest absolute Gasteiger partial charge is 0.271 e. The average Bonchev–Trinajstić information content (AvgIpc) is 2.69. The molecule has 1 aromatic heterocycles. The van der Waals surface area contributed by atoms with Crippen LogP contribution in [0.5, 0.6) is 11.5 Å². The van der Waals surface area contributed by atoms with Gasteiger partial charge in [-0.2, -0.15) is 0 Å². The first kappa shape index (κ1) is 18.1. The molecule has 2 aromatic carbocycles. The molecule has 0 atom stereocenters. The first-order chi connectivity index (χ1) is 13.0. The summed E-state index contributed by atoms with van der Waals surface area (Å²) < 4.78 is 10.6. The van der Waals surface area contributed by atoms with E-state index in [-0.39, 0.29) is 5.69 Å². The predicted octanol–water partition coefficient (Wildman–Crippen LogP) is 4.12. The van der Waals surface area contributed by atoms with Gasteiger partial charge in [0.1, 0.15) is 0 Å². The summed E-state index contributed by atoms with van der Waals surface area (Å²) in [5.41, 5.74) is 2.93. The number of nitrogens with one attached hydrogen (secondary N) is 1. The highest BCUT2D eigenvalue weighted by Crippen LogP contribution is 2.32. The number of aryl methyl sites for hydroxylation is 1. The average molecular weight is 366 g/mol. The van der Waals surface area contributed by atoms with Crippen molar-refractivity contribution in [1.29, 1.82) is 0 Å². The van der Waals surface area contributed by atoms with Crippen LogP contribution < -0.4 is 14.8 Å². The molecule has 0 saturated carbocycles. The van der Waals surface area contributed by atoms with E-state index in [0.29, 0.717) is 28.8 Å². The minimum absolute atomic E-state index is 0.000791. The molecular formula is C19H18N4O4. The third kappa shape index (κ3) is 3.95. The van der Waals surface area contributed by atoms with Gasteiger partial charge in [-0.05, 0) is 36.8 Å². The Bertz CT molecular complexity index is 991. The van der Waals surface area contributed by atoms with Gasteiger partial charge in [-0.15, -0.1) is 0 Å². The number of nitro groups is 1. The molecule has 0 radical (unpaired) electrons. The molecule has 0 bridgehead atoms. The summed E-state index contributed by atoms with van der Waals surface area (Å²) in [7, 11) is 3.14. The van der Waals surface area contributed by atoms with Crippen molar-refractivity contribution in [2.45, 2.75) is 6.92 Å². The lowest BCUT2D eigenvalue weighted by atomic mass is 10.1. The van der Waals surface area contributed by atoms with Gasteiger partial charge in [-0.1, -0.05) is 6.07 Å². The third-order valence-corrected chi connectivity index (χ3v) is 4.01. The summed E-state index contributed by atoms with van der Waals surface area (Å²) in [6.45, 7) is 1.85. The highest BCUT2D eigenvalue weighted by Gasteiger charge is 2.11. The number of nitrogens with zero attached hydrogens (tertiary/aromatic N) is 3. The van der Waals surface area contributed by atoms with Gasteiger partial charge < -0.3 is 14.8 Å². The normalized spacial score (nSPS) is 10.3. The van der Waals surface area contributed by atoms with Crippen molar-refractivity contribution in [1.82, 2.24) is 9.97 Å². The van der Waals surface area contributed by atoms with Crippen LogP contribution in [0.15, 0.2) is 48.7 Å². The molecule has 0 aliphatic carbocycles. The van der Waals surface area contributed by atoms with Crippen LogP contribution in [0.25, 0.3) is 11.3 Å². The molecule has 8 nitrogen and oxygen atoms in total. The van der Waals surface area contributed by atoms with Crippen LogP contribution in [0.4, 0.5) is 17.3 Å². The lowest BCUT2D eigenvalue weighted by Crippen LogP contribution is -2.00. The summed E-state index contributed by atoms with van der Waals surface area (Å²) >= 11 is 0. The molecule has 3 aromatic rings. The Morgan fingerprint density at radius 2 is 1.81 bits per heavy atom. The number of anilines is 2. The maximum Gasteiger partial charge on any atom is 0.271 e. The Morgan fingerprint density at radius 1 is 1.04 bits per heavy atom. The first-order valence-electron chi connectivity index (χ1n) is 8.09. The zero-order valence-corrected chi connectivity index (χ0v) is 15.1. The summed E-state index contributed by atoms with van der Waals surface area (Å²) in [6.07, 6.45) is 1.62. The molecule has 0 aliphatic rings. The maximum absolute atomic E-state index is 11.0. The molecule has 0 unspecified atom stereocenters. The number of nitro benzene ring substituents is 1. The number of hydrogen-bond donors (Lipinski definition) is 1. The van der Waals surface area contributed by atoms with Crippen molar-refractivity contribution >= 4 is 17.3 Å². The fourth-order valence-electron chi connectivity index (χ4n) is 2.55. The topological polar surface area (TPSA) is 99.4 Å². The Labute approximate surface area is 156 Å². The zero-order valence-electron chi connectivity index (χ0n) is 15.1. The number of rotatable bonds is 6. The summed E-state index contributed by atoms with van der Waals surface area (Å²) in [4.78, 5) is 19.3. The molecule has 0 amide bonds. The van der Waals surface area contributed by atoms with Crippen LogP contribution in [-0.4, -0.2) is 29.1 Å². The van der Waals surface area contributed by atoms with E-state index in [2.05, 4.69) is 15.3 Å². The van der Waals surface area contributed by atoms with Gasteiger partial charge in [0.2, 0.25) is 5.95 Å². The molecule has 0 saturated heterocycles. The quantitative estimate of drug-likeness (QED) is 0.517. The van der Waals surface area contributed by atoms with Crippen molar-refractivity contribution in [2.24, 2.45) is 0 Å². The van der Waals surface area contributed by atoms with E-state index in [1.54, 1.807) is 38.6 Å². The number of methoxy groups -OCH3 is 2. The van der Waals surface area contributed by atoms with Gasteiger partial charge >= 0.3 is 0 Å². The standard InChI is InChI=1S/C19H18N4O4/c1-12-4-6-14(23(24)25)11-16(12)22-19-20-9-8-15(21-19)13-5-7-17(26-2)18(10-13)27-3/h4-11H,1-3H3,(H,20,21,22). The second kappa shape index (κ2) is 7.69. The van der Waals surface area contributed by atoms with E-state index in [9.17, 15) is 10.1 Å². The van der Waals surface area contributed by atoms with E-state index in [1.807, 2.05) is 19.1 Å². The highest BCUT2D eigenvalue weighted by molar-refractivity contribution is 5.67. The number of hydrogen-bond acceptors (Lipinski definition) is 7. The van der Waals surface area contributed by atoms with Crippen molar-refractivity contribution in [3.63, 3.8) is 0 Å². The van der Waals surface area contributed by atoms with E-state index >= 15 is 0 Å². The van der Waals surface area contributed by atoms with Crippen molar-refractivity contribution in [3.05, 3.63) is 64.3 Å². The van der Waals surface area contributed by atoms with Gasteiger partial charge in [0.05, 0.1) is 30.5 Å². The molecule has 3 rings (SSSR count). The van der Waals surface area contributed by atoms with E-state index in [4.69, 9.17) is 9.47 Å². The minimum atomic E-state index is -0.439. The molecule has 0 aliphatic heterocycles. The largest absolute Gasteiger partial charge is 0.493 e. The van der Waals surface area contributed by atoms with Crippen LogP contribution in [0.1, 0.15) is 5.56 Å². The van der Waals surface area contributed by atoms with Gasteiger partial charge in [0.25, 0.3) is 5.69 Å². The number of non-ortho nitro benzene ring substituents is 1. The Kier molecular flexibility index (Phi) is 5.16. The van der Waals surface area contributed by atoms with Crippen LogP contribution in [-0.2, 0) is 0 Å². The molecule has 1 N–H and O–H groups in total. The Hall–Kier alpha value is -3.68. The van der Waals surface area contributed by atoms with Crippen molar-refractivity contribution in [2.75, 3.05) is 19.5 Å². The van der Waals surface area contributed by atoms with Gasteiger partial charge in [-0.3, -0.25) is 10.1 Å². The predicted molar refractivity (Wildman–Crippen MR) is 102 cm³/mol. The first-order valence-corrected chi connectivity index (χ1v) is 8.09. The lowest BCUT2D eigenvalue weighted by molar-refractivity contribution is -0.384. The van der Waals surface area contributed by atoms with E-state index in [1.165, 1.54) is 12.1 Å². The molecule has 8 heteroatoms. The van der Waals surface area contributed by atoms with Gasteiger partial charge in [0, 0.05) is 23.9 Å². The fourth-order valence-corrected chi connectivity index (χ4v) is 2.55. The SMILES string of the molecule is COc1ccc(-c2ccnc(Nc3cc([N+](=O)[O-])ccc3C)n2)cc1OC. The molecule has 1 heterocycles. The second-order valence-electron chi connectivity index (χ2n) is 5.72. The summed E-state index contributed by atoms with van der Waals surface area (Å²) in [5, 5.41) is 14.0. The lowest BCUT2D eigenvalue weighted by Gasteiger charge is -2.11. The minimum Gasteiger partial charge on any atom is -0.493 e. The number of benzene rings is 2. The van der Waals surface area contributed by atoms with Gasteiger partial charge in [0.15, 0.2) is 11.5 Å². The zero-order chi connectivity index (χ0) is 19.4. The van der Waals surface area contributed by atoms with Crippen LogP contribution in [0.3, 0.4) is 0 Å². The van der Waals surface area contributed by atoms with E-state index < -0.39 is 4.92 Å². The highest BCUT2D eigenvalue weighted by atomic mass is 16.6. The number of ether oxygens (including phenoxy) is 2. The van der Waals surface area contributed by atoms with Crippen molar-refractivity contribution in [3.8, 4) is 22.8 Å². The van der Waals surface area contributed by atoms with Crippen LogP contribution in [0, 0.1) is 17.0 Å². The molecule has 0 spiro atoms. The maximum atomic E-state index is 11.0. The molecule has 138 valence electrons. The Balaban J connectivity index is 1.93.